The summed E-state index contributed by atoms with van der Waals surface area (Å²) in [5.74, 6) is 0.517. The first-order chi connectivity index (χ1) is 6.06. The summed E-state index contributed by atoms with van der Waals surface area (Å²) in [5, 5.41) is 10.2. The Balaban J connectivity index is 3.04. The van der Waals surface area contributed by atoms with Gasteiger partial charge in [0.2, 0.25) is 5.88 Å². The molecular formula is C8H14N2O2S. The minimum absolute atomic E-state index is 0.517. The van der Waals surface area contributed by atoms with Gasteiger partial charge in [-0.1, -0.05) is 11.3 Å². The molecule has 5 heteroatoms. The van der Waals surface area contributed by atoms with E-state index in [1.165, 1.54) is 11.3 Å². The molecule has 0 saturated heterocycles. The minimum Gasteiger partial charge on any atom is -0.480 e. The summed E-state index contributed by atoms with van der Waals surface area (Å²) in [6.45, 7) is 1.70. The first-order valence-electron chi connectivity index (χ1n) is 3.96. The average Bonchev–Trinajstić information content (AvgIpc) is 2.47. The van der Waals surface area contributed by atoms with Crippen molar-refractivity contribution in [2.75, 3.05) is 26.1 Å². The van der Waals surface area contributed by atoms with Crippen LogP contribution in [0.25, 0.3) is 0 Å². The molecule has 0 fully saturated rings. The van der Waals surface area contributed by atoms with Gasteiger partial charge in [-0.3, -0.25) is 0 Å². The van der Waals surface area contributed by atoms with Crippen molar-refractivity contribution in [2.24, 2.45) is 0 Å². The summed E-state index contributed by atoms with van der Waals surface area (Å²) in [7, 11) is 5.37. The van der Waals surface area contributed by atoms with Crippen molar-refractivity contribution < 1.29 is 9.84 Å². The van der Waals surface area contributed by atoms with Crippen LogP contribution in [0.5, 0.6) is 5.88 Å². The molecule has 0 aliphatic carbocycles. The Hall–Kier alpha value is -0.810. The second-order valence-electron chi connectivity index (χ2n) is 2.94. The lowest BCUT2D eigenvalue weighted by atomic mass is 10.3. The fourth-order valence-corrected chi connectivity index (χ4v) is 1.80. The number of ether oxygens (including phenoxy) is 1. The molecular weight excluding hydrogens is 188 g/mol. The van der Waals surface area contributed by atoms with Crippen LogP contribution < -0.4 is 9.64 Å². The Morgan fingerprint density at radius 1 is 1.54 bits per heavy atom. The molecule has 1 heterocycles. The fraction of sp³-hybridized carbons (Fsp3) is 0.625. The van der Waals surface area contributed by atoms with E-state index in [0.717, 1.165) is 10.0 Å². The number of rotatable bonds is 3. The van der Waals surface area contributed by atoms with Crippen LogP contribution in [0.2, 0.25) is 0 Å². The number of aliphatic hydroxyl groups is 1. The molecule has 74 valence electrons. The van der Waals surface area contributed by atoms with Gasteiger partial charge in [-0.25, -0.2) is 0 Å². The van der Waals surface area contributed by atoms with E-state index in [2.05, 4.69) is 4.98 Å². The van der Waals surface area contributed by atoms with E-state index < -0.39 is 6.10 Å². The van der Waals surface area contributed by atoms with E-state index in [0.29, 0.717) is 5.88 Å². The molecule has 0 radical (unpaired) electrons. The lowest BCUT2D eigenvalue weighted by Gasteiger charge is -2.04. The number of aromatic nitrogens is 1. The van der Waals surface area contributed by atoms with E-state index in [1.807, 2.05) is 19.0 Å². The first-order valence-corrected chi connectivity index (χ1v) is 4.78. The van der Waals surface area contributed by atoms with Crippen molar-refractivity contribution in [2.45, 2.75) is 13.0 Å². The summed E-state index contributed by atoms with van der Waals surface area (Å²) in [6.07, 6.45) is -0.527. The molecule has 1 aromatic rings. The SMILES string of the molecule is COc1nc(N(C)C)sc1[C@H](C)O. The highest BCUT2D eigenvalue weighted by molar-refractivity contribution is 7.16. The van der Waals surface area contributed by atoms with Crippen molar-refractivity contribution in [3.63, 3.8) is 0 Å². The Morgan fingerprint density at radius 2 is 2.15 bits per heavy atom. The largest absolute Gasteiger partial charge is 0.480 e. The molecule has 0 aliphatic rings. The van der Waals surface area contributed by atoms with E-state index in [1.54, 1.807) is 14.0 Å². The van der Waals surface area contributed by atoms with Crippen molar-refractivity contribution in [1.82, 2.24) is 4.98 Å². The number of methoxy groups -OCH3 is 1. The molecule has 0 aliphatic heterocycles. The van der Waals surface area contributed by atoms with Crippen LogP contribution in [0.3, 0.4) is 0 Å². The van der Waals surface area contributed by atoms with Crippen LogP contribution >= 0.6 is 11.3 Å². The highest BCUT2D eigenvalue weighted by Gasteiger charge is 2.16. The Bertz CT molecular complexity index is 284. The van der Waals surface area contributed by atoms with Crippen LogP contribution in [0.15, 0.2) is 0 Å². The van der Waals surface area contributed by atoms with E-state index in [9.17, 15) is 5.11 Å². The van der Waals surface area contributed by atoms with Crippen LogP contribution in [0.4, 0.5) is 5.13 Å². The van der Waals surface area contributed by atoms with Gasteiger partial charge in [0.15, 0.2) is 5.13 Å². The molecule has 0 unspecified atom stereocenters. The van der Waals surface area contributed by atoms with Gasteiger partial charge in [-0.05, 0) is 6.92 Å². The van der Waals surface area contributed by atoms with Crippen molar-refractivity contribution in [3.8, 4) is 5.88 Å². The maximum Gasteiger partial charge on any atom is 0.232 e. The van der Waals surface area contributed by atoms with Gasteiger partial charge >= 0.3 is 0 Å². The molecule has 0 saturated carbocycles. The van der Waals surface area contributed by atoms with Gasteiger partial charge in [-0.15, -0.1) is 0 Å². The maximum atomic E-state index is 9.40. The molecule has 0 amide bonds. The predicted octanol–water partition coefficient (Wildman–Crippen LogP) is 1.27. The Kier molecular flexibility index (Phi) is 3.11. The molecule has 1 atom stereocenters. The number of hydrogen-bond donors (Lipinski definition) is 1. The Labute approximate surface area is 81.8 Å². The summed E-state index contributed by atoms with van der Waals surface area (Å²) >= 11 is 1.44. The standard InChI is InChI=1S/C8H14N2O2S/c1-5(11)6-7(12-4)9-8(13-6)10(2)3/h5,11H,1-4H3/t5-/m0/s1. The first kappa shape index (κ1) is 10.3. The van der Waals surface area contributed by atoms with E-state index >= 15 is 0 Å². The molecule has 0 aromatic carbocycles. The normalized spacial score (nSPS) is 12.7. The van der Waals surface area contributed by atoms with Crippen molar-refractivity contribution in [3.05, 3.63) is 4.88 Å². The molecule has 1 aromatic heterocycles. The average molecular weight is 202 g/mol. The smallest absolute Gasteiger partial charge is 0.232 e. The zero-order valence-corrected chi connectivity index (χ0v) is 9.05. The summed E-state index contributed by atoms with van der Waals surface area (Å²) < 4.78 is 5.05. The fourth-order valence-electron chi connectivity index (χ4n) is 0.908. The number of thiazole rings is 1. The third-order valence-electron chi connectivity index (χ3n) is 1.56. The van der Waals surface area contributed by atoms with E-state index in [4.69, 9.17) is 4.74 Å². The lowest BCUT2D eigenvalue weighted by Crippen LogP contribution is -2.07. The van der Waals surface area contributed by atoms with Gasteiger partial charge in [0.05, 0.1) is 18.1 Å². The van der Waals surface area contributed by atoms with Crippen LogP contribution in [0, 0.1) is 0 Å². The lowest BCUT2D eigenvalue weighted by molar-refractivity contribution is 0.198. The topological polar surface area (TPSA) is 45.6 Å². The molecule has 0 bridgehead atoms. The van der Waals surface area contributed by atoms with Crippen LogP contribution in [-0.4, -0.2) is 31.3 Å². The number of anilines is 1. The Morgan fingerprint density at radius 3 is 2.46 bits per heavy atom. The van der Waals surface area contributed by atoms with Crippen molar-refractivity contribution >= 4 is 16.5 Å². The van der Waals surface area contributed by atoms with E-state index in [-0.39, 0.29) is 0 Å². The molecule has 1 N–H and O–H groups in total. The quantitative estimate of drug-likeness (QED) is 0.801. The zero-order valence-electron chi connectivity index (χ0n) is 8.24. The van der Waals surface area contributed by atoms with Crippen LogP contribution in [0.1, 0.15) is 17.9 Å². The van der Waals surface area contributed by atoms with Gasteiger partial charge in [0.1, 0.15) is 0 Å². The van der Waals surface area contributed by atoms with Gasteiger partial charge in [0, 0.05) is 14.1 Å². The maximum absolute atomic E-state index is 9.40. The summed E-state index contributed by atoms with van der Waals surface area (Å²) in [6, 6.07) is 0. The second kappa shape index (κ2) is 3.93. The zero-order chi connectivity index (χ0) is 10.0. The third kappa shape index (κ3) is 2.10. The molecule has 13 heavy (non-hydrogen) atoms. The molecule has 4 nitrogen and oxygen atoms in total. The highest BCUT2D eigenvalue weighted by Crippen LogP contribution is 2.34. The number of nitrogens with zero attached hydrogens (tertiary/aromatic N) is 2. The van der Waals surface area contributed by atoms with Gasteiger partial charge in [-0.2, -0.15) is 4.98 Å². The summed E-state index contributed by atoms with van der Waals surface area (Å²) in [4.78, 5) is 6.87. The van der Waals surface area contributed by atoms with Crippen molar-refractivity contribution in [1.29, 1.82) is 0 Å². The highest BCUT2D eigenvalue weighted by atomic mass is 32.1. The number of hydrogen-bond acceptors (Lipinski definition) is 5. The minimum atomic E-state index is -0.527. The van der Waals surface area contributed by atoms with Crippen LogP contribution in [-0.2, 0) is 0 Å². The van der Waals surface area contributed by atoms with Gasteiger partial charge < -0.3 is 14.7 Å². The van der Waals surface area contributed by atoms with Gasteiger partial charge in [0.25, 0.3) is 0 Å². The molecule has 1 rings (SSSR count). The monoisotopic (exact) mass is 202 g/mol. The molecule has 0 spiro atoms. The summed E-state index contributed by atoms with van der Waals surface area (Å²) in [5.41, 5.74) is 0. The number of aliphatic hydroxyl groups excluding tert-OH is 1. The predicted molar refractivity (Wildman–Crippen MR) is 53.6 cm³/mol. The third-order valence-corrected chi connectivity index (χ3v) is 2.94. The second-order valence-corrected chi connectivity index (χ2v) is 3.95.